The van der Waals surface area contributed by atoms with Crippen LogP contribution in [0, 0.1) is 0 Å². The topological polar surface area (TPSA) is 72.9 Å². The maximum atomic E-state index is 11.2. The van der Waals surface area contributed by atoms with Gasteiger partial charge in [-0.1, -0.05) is 0 Å². The van der Waals surface area contributed by atoms with Crippen molar-refractivity contribution in [2.24, 2.45) is 5.73 Å². The fourth-order valence-electron chi connectivity index (χ4n) is 1.21. The van der Waals surface area contributed by atoms with Crippen LogP contribution in [0.2, 0.25) is 0 Å². The van der Waals surface area contributed by atoms with Gasteiger partial charge in [0, 0.05) is 31.4 Å². The van der Waals surface area contributed by atoms with Crippen LogP contribution in [0.25, 0.3) is 0 Å². The van der Waals surface area contributed by atoms with Gasteiger partial charge in [0.1, 0.15) is 0 Å². The lowest BCUT2D eigenvalue weighted by atomic mass is 10.3. The van der Waals surface area contributed by atoms with Crippen LogP contribution in [0.1, 0.15) is 13.3 Å². The van der Waals surface area contributed by atoms with Crippen molar-refractivity contribution in [1.29, 1.82) is 0 Å². The molecule has 1 rings (SSSR count). The van der Waals surface area contributed by atoms with E-state index in [1.54, 1.807) is 10.9 Å². The number of amides is 1. The summed E-state index contributed by atoms with van der Waals surface area (Å²) in [4.78, 5) is 11.2. The zero-order valence-corrected chi connectivity index (χ0v) is 8.31. The smallest absolute Gasteiger partial charge is 0.221 e. The molecule has 78 valence electrons. The largest absolute Gasteiger partial charge is 0.352 e. The van der Waals surface area contributed by atoms with E-state index in [-0.39, 0.29) is 11.9 Å². The lowest BCUT2D eigenvalue weighted by Crippen LogP contribution is -2.36. The molecule has 0 saturated carbocycles. The molecule has 0 aliphatic heterocycles. The number of carbonyl (C=O) groups is 1. The molecule has 0 bridgehead atoms. The molecule has 1 unspecified atom stereocenters. The van der Waals surface area contributed by atoms with Crippen LogP contribution >= 0.6 is 0 Å². The van der Waals surface area contributed by atoms with E-state index in [1.807, 2.05) is 19.2 Å². The first kappa shape index (κ1) is 10.7. The van der Waals surface area contributed by atoms with Crippen molar-refractivity contribution in [2.45, 2.75) is 25.9 Å². The Labute approximate surface area is 83.3 Å². The molecule has 0 aromatic carbocycles. The first-order valence-electron chi connectivity index (χ1n) is 4.69. The van der Waals surface area contributed by atoms with E-state index in [4.69, 9.17) is 5.73 Å². The molecule has 5 heteroatoms. The summed E-state index contributed by atoms with van der Waals surface area (Å²) < 4.78 is 1.79. The van der Waals surface area contributed by atoms with E-state index < -0.39 is 0 Å². The van der Waals surface area contributed by atoms with Crippen molar-refractivity contribution >= 4 is 5.91 Å². The fraction of sp³-hybridized carbons (Fsp3) is 0.556. The van der Waals surface area contributed by atoms with E-state index >= 15 is 0 Å². The van der Waals surface area contributed by atoms with Crippen molar-refractivity contribution in [2.75, 3.05) is 6.54 Å². The molecule has 0 fully saturated rings. The predicted molar refractivity (Wildman–Crippen MR) is 53.5 cm³/mol. The van der Waals surface area contributed by atoms with Crippen LogP contribution in [0.15, 0.2) is 18.5 Å². The summed E-state index contributed by atoms with van der Waals surface area (Å²) in [5, 5.41) is 6.89. The molecule has 1 heterocycles. The summed E-state index contributed by atoms with van der Waals surface area (Å²) in [5.74, 6) is -0.00726. The van der Waals surface area contributed by atoms with Gasteiger partial charge in [-0.05, 0) is 13.0 Å². The lowest BCUT2D eigenvalue weighted by molar-refractivity contribution is -0.121. The van der Waals surface area contributed by atoms with Crippen molar-refractivity contribution < 1.29 is 4.79 Å². The van der Waals surface area contributed by atoms with E-state index in [2.05, 4.69) is 10.4 Å². The third-order valence-corrected chi connectivity index (χ3v) is 1.80. The Morgan fingerprint density at radius 3 is 3.07 bits per heavy atom. The van der Waals surface area contributed by atoms with Gasteiger partial charge in [-0.25, -0.2) is 0 Å². The summed E-state index contributed by atoms with van der Waals surface area (Å²) in [6, 6.07) is 1.93. The average molecular weight is 196 g/mol. The van der Waals surface area contributed by atoms with Crippen molar-refractivity contribution in [3.63, 3.8) is 0 Å². The number of nitrogens with one attached hydrogen (secondary N) is 1. The van der Waals surface area contributed by atoms with Gasteiger partial charge in [0.05, 0.1) is 6.54 Å². The Morgan fingerprint density at radius 2 is 2.50 bits per heavy atom. The van der Waals surface area contributed by atoms with Gasteiger partial charge in [-0.3, -0.25) is 9.48 Å². The number of rotatable bonds is 5. The molecule has 0 aliphatic carbocycles. The van der Waals surface area contributed by atoms with Crippen LogP contribution in [0.5, 0.6) is 0 Å². The first-order chi connectivity index (χ1) is 6.72. The van der Waals surface area contributed by atoms with Crippen molar-refractivity contribution in [3.05, 3.63) is 18.5 Å². The molecular formula is C9H16N4O. The fourth-order valence-corrected chi connectivity index (χ4v) is 1.21. The summed E-state index contributed by atoms with van der Waals surface area (Å²) >= 11 is 0. The molecule has 0 radical (unpaired) electrons. The molecule has 1 amide bonds. The van der Waals surface area contributed by atoms with Gasteiger partial charge in [-0.2, -0.15) is 5.10 Å². The number of nitrogens with two attached hydrogens (primary N) is 1. The molecule has 3 N–H and O–H groups in total. The second-order valence-corrected chi connectivity index (χ2v) is 3.24. The minimum Gasteiger partial charge on any atom is -0.352 e. The summed E-state index contributed by atoms with van der Waals surface area (Å²) in [6.07, 6.45) is 3.96. The second-order valence-electron chi connectivity index (χ2n) is 3.24. The third kappa shape index (κ3) is 3.57. The van der Waals surface area contributed by atoms with E-state index in [0.717, 1.165) is 0 Å². The Bertz CT molecular complexity index is 270. The zero-order valence-electron chi connectivity index (χ0n) is 8.31. The van der Waals surface area contributed by atoms with Gasteiger partial charge in [0.15, 0.2) is 0 Å². The van der Waals surface area contributed by atoms with Gasteiger partial charge in [0.2, 0.25) is 5.91 Å². The normalized spacial score (nSPS) is 12.4. The molecule has 0 aliphatic rings. The number of hydrogen-bond donors (Lipinski definition) is 2. The molecule has 5 nitrogen and oxygen atoms in total. The minimum absolute atomic E-state index is 0.00726. The highest BCUT2D eigenvalue weighted by Gasteiger charge is 2.06. The van der Waals surface area contributed by atoms with Crippen LogP contribution in [0.3, 0.4) is 0 Å². The van der Waals surface area contributed by atoms with Crippen LogP contribution in [-0.2, 0) is 11.3 Å². The number of nitrogens with zero attached hydrogens (tertiary/aromatic N) is 2. The molecule has 14 heavy (non-hydrogen) atoms. The number of hydrogen-bond acceptors (Lipinski definition) is 3. The Balaban J connectivity index is 2.29. The SMILES string of the molecule is CC(Cn1cccn1)NC(=O)CCN. The van der Waals surface area contributed by atoms with Crippen LogP contribution in [0.4, 0.5) is 0 Å². The minimum atomic E-state index is -0.00726. The van der Waals surface area contributed by atoms with Gasteiger partial charge >= 0.3 is 0 Å². The predicted octanol–water partition coefficient (Wildman–Crippen LogP) is -0.263. The molecule has 1 aromatic rings. The maximum Gasteiger partial charge on any atom is 0.221 e. The maximum absolute atomic E-state index is 11.2. The van der Waals surface area contributed by atoms with Crippen molar-refractivity contribution in [3.8, 4) is 0 Å². The zero-order chi connectivity index (χ0) is 10.4. The monoisotopic (exact) mass is 196 g/mol. The Hall–Kier alpha value is -1.36. The van der Waals surface area contributed by atoms with Gasteiger partial charge < -0.3 is 11.1 Å². The standard InChI is InChI=1S/C9H16N4O/c1-8(12-9(14)3-4-10)7-13-6-2-5-11-13/h2,5-6,8H,3-4,7,10H2,1H3,(H,12,14). The highest BCUT2D eigenvalue weighted by atomic mass is 16.1. The number of aromatic nitrogens is 2. The Morgan fingerprint density at radius 1 is 1.71 bits per heavy atom. The van der Waals surface area contributed by atoms with E-state index in [1.165, 1.54) is 0 Å². The highest BCUT2D eigenvalue weighted by Crippen LogP contribution is 1.91. The highest BCUT2D eigenvalue weighted by molar-refractivity contribution is 5.76. The molecule has 0 spiro atoms. The van der Waals surface area contributed by atoms with Crippen LogP contribution in [-0.4, -0.2) is 28.3 Å². The summed E-state index contributed by atoms with van der Waals surface area (Å²) in [6.45, 7) is 3.01. The molecule has 1 aromatic heterocycles. The second kappa shape index (κ2) is 5.39. The quantitative estimate of drug-likeness (QED) is 0.681. The van der Waals surface area contributed by atoms with Crippen LogP contribution < -0.4 is 11.1 Å². The van der Waals surface area contributed by atoms with Crippen molar-refractivity contribution in [1.82, 2.24) is 15.1 Å². The summed E-state index contributed by atoms with van der Waals surface area (Å²) in [5.41, 5.74) is 5.26. The molecule has 1 atom stereocenters. The molecular weight excluding hydrogens is 180 g/mol. The van der Waals surface area contributed by atoms with Gasteiger partial charge in [0.25, 0.3) is 0 Å². The first-order valence-corrected chi connectivity index (χ1v) is 4.69. The number of carbonyl (C=O) groups excluding carboxylic acids is 1. The van der Waals surface area contributed by atoms with E-state index in [9.17, 15) is 4.79 Å². The average Bonchev–Trinajstić information content (AvgIpc) is 2.56. The Kier molecular flexibility index (Phi) is 4.12. The van der Waals surface area contributed by atoms with Gasteiger partial charge in [-0.15, -0.1) is 0 Å². The van der Waals surface area contributed by atoms with E-state index in [0.29, 0.717) is 19.5 Å². The molecule has 0 saturated heterocycles. The lowest BCUT2D eigenvalue weighted by Gasteiger charge is -2.13. The summed E-state index contributed by atoms with van der Waals surface area (Å²) in [7, 11) is 0. The third-order valence-electron chi connectivity index (χ3n) is 1.80.